The van der Waals surface area contributed by atoms with Crippen molar-refractivity contribution in [3.8, 4) is 0 Å². The van der Waals surface area contributed by atoms with E-state index in [2.05, 4.69) is 6.58 Å². The Kier molecular flexibility index (Phi) is 4.10. The Hall–Kier alpha value is -1.97. The Morgan fingerprint density at radius 2 is 2.04 bits per heavy atom. The summed E-state index contributed by atoms with van der Waals surface area (Å²) in [4.78, 5) is 37.0. The molecule has 0 N–H and O–H groups in total. The molecule has 3 rings (SSSR count). The van der Waals surface area contributed by atoms with E-state index < -0.39 is 0 Å². The van der Waals surface area contributed by atoms with Crippen LogP contribution in [-0.4, -0.2) is 23.6 Å². The number of hydrogen-bond donors (Lipinski definition) is 0. The molecule has 0 aromatic rings. The minimum atomic E-state index is -0.337. The fourth-order valence-electron chi connectivity index (χ4n) is 3.74. The van der Waals surface area contributed by atoms with Gasteiger partial charge in [-0.2, -0.15) is 0 Å². The molecule has 0 aromatic heterocycles. The van der Waals surface area contributed by atoms with Gasteiger partial charge in [0.25, 0.3) is 0 Å². The smallest absolute Gasteiger partial charge is 0.334 e. The summed E-state index contributed by atoms with van der Waals surface area (Å²) in [6, 6.07) is 0. The number of allylic oxidation sites excluding steroid dienone is 3. The SMILES string of the molecule is C=C(C)C1CCC2=C[C@@H](OC2=O)[C@]2(C)C[C@H]2C(=O)/C=C(/C)C(=O)C1. The first kappa shape index (κ1) is 16.9. The minimum Gasteiger partial charge on any atom is -0.454 e. The Labute approximate surface area is 142 Å². The second-order valence-electron chi connectivity index (χ2n) is 7.72. The van der Waals surface area contributed by atoms with Crippen LogP contribution in [0.2, 0.25) is 0 Å². The molecular weight excluding hydrogens is 304 g/mol. The van der Waals surface area contributed by atoms with Gasteiger partial charge in [-0.05, 0) is 56.8 Å². The molecule has 1 saturated carbocycles. The van der Waals surface area contributed by atoms with Crippen LogP contribution in [0.1, 0.15) is 46.5 Å². The van der Waals surface area contributed by atoms with Crippen LogP contribution in [0.4, 0.5) is 0 Å². The molecule has 128 valence electrons. The van der Waals surface area contributed by atoms with Gasteiger partial charge >= 0.3 is 5.97 Å². The number of esters is 1. The van der Waals surface area contributed by atoms with Gasteiger partial charge < -0.3 is 4.74 Å². The number of ether oxygens (including phenoxy) is 1. The van der Waals surface area contributed by atoms with Gasteiger partial charge in [0.1, 0.15) is 6.10 Å². The highest BCUT2D eigenvalue weighted by molar-refractivity contribution is 6.04. The molecule has 3 aliphatic rings. The number of rotatable bonds is 1. The molecule has 1 heterocycles. The second-order valence-corrected chi connectivity index (χ2v) is 7.72. The molecule has 24 heavy (non-hydrogen) atoms. The van der Waals surface area contributed by atoms with Crippen molar-refractivity contribution >= 4 is 17.5 Å². The summed E-state index contributed by atoms with van der Waals surface area (Å²) in [5, 5.41) is 0. The summed E-state index contributed by atoms with van der Waals surface area (Å²) in [5.74, 6) is -0.497. The summed E-state index contributed by atoms with van der Waals surface area (Å²) in [6.07, 6.45) is 5.34. The lowest BCUT2D eigenvalue weighted by atomic mass is 9.88. The lowest BCUT2D eigenvalue weighted by molar-refractivity contribution is -0.142. The van der Waals surface area contributed by atoms with E-state index >= 15 is 0 Å². The van der Waals surface area contributed by atoms with Crippen molar-refractivity contribution < 1.29 is 19.1 Å². The minimum absolute atomic E-state index is 0.00887. The van der Waals surface area contributed by atoms with Gasteiger partial charge in [-0.15, -0.1) is 0 Å². The molecule has 0 aromatic carbocycles. The van der Waals surface area contributed by atoms with Gasteiger partial charge in [0.05, 0.1) is 0 Å². The first-order valence-corrected chi connectivity index (χ1v) is 8.55. The quantitative estimate of drug-likeness (QED) is 0.547. The van der Waals surface area contributed by atoms with Crippen molar-refractivity contribution in [2.45, 2.75) is 52.6 Å². The van der Waals surface area contributed by atoms with Crippen molar-refractivity contribution in [1.29, 1.82) is 0 Å². The van der Waals surface area contributed by atoms with Crippen LogP contribution in [0.25, 0.3) is 0 Å². The van der Waals surface area contributed by atoms with Crippen molar-refractivity contribution in [3.63, 3.8) is 0 Å². The van der Waals surface area contributed by atoms with E-state index in [-0.39, 0.29) is 40.9 Å². The van der Waals surface area contributed by atoms with E-state index in [1.54, 1.807) is 6.92 Å². The fraction of sp³-hybridized carbons (Fsp3) is 0.550. The lowest BCUT2D eigenvalue weighted by Crippen LogP contribution is -2.23. The van der Waals surface area contributed by atoms with Crippen molar-refractivity contribution in [2.24, 2.45) is 17.3 Å². The topological polar surface area (TPSA) is 60.4 Å². The third-order valence-electron chi connectivity index (χ3n) is 5.81. The summed E-state index contributed by atoms with van der Waals surface area (Å²) < 4.78 is 5.52. The number of ketones is 2. The van der Waals surface area contributed by atoms with E-state index in [1.165, 1.54) is 6.08 Å². The Balaban J connectivity index is 1.93. The van der Waals surface area contributed by atoms with E-state index in [4.69, 9.17) is 4.74 Å². The molecule has 0 radical (unpaired) electrons. The zero-order valence-electron chi connectivity index (χ0n) is 14.6. The fourth-order valence-corrected chi connectivity index (χ4v) is 3.74. The standard InChI is InChI=1S/C20H24O4/c1-11(2)13-5-6-14-9-18(24-19(14)23)20(4)10-15(20)17(22)7-12(3)16(21)8-13/h7,9,13,15,18H,1,5-6,8,10H2,2-4H3/b12-7-/t13?,15-,18+,20+/m0/s1. The van der Waals surface area contributed by atoms with E-state index in [1.807, 2.05) is 19.9 Å². The Morgan fingerprint density at radius 1 is 1.33 bits per heavy atom. The number of Topliss-reactive ketones (excluding diaryl/α,β-unsaturated/α-hetero) is 1. The van der Waals surface area contributed by atoms with Crippen molar-refractivity contribution in [1.82, 2.24) is 0 Å². The third-order valence-corrected chi connectivity index (χ3v) is 5.81. The highest BCUT2D eigenvalue weighted by Crippen LogP contribution is 2.58. The monoisotopic (exact) mass is 328 g/mol. The van der Waals surface area contributed by atoms with Gasteiger partial charge in [0.2, 0.25) is 0 Å². The summed E-state index contributed by atoms with van der Waals surface area (Å²) in [5.41, 5.74) is 1.77. The second kappa shape index (κ2) is 5.83. The summed E-state index contributed by atoms with van der Waals surface area (Å²) in [6.45, 7) is 9.57. The summed E-state index contributed by atoms with van der Waals surface area (Å²) >= 11 is 0. The molecule has 0 saturated heterocycles. The molecule has 0 spiro atoms. The molecule has 4 nitrogen and oxygen atoms in total. The maximum absolute atomic E-state index is 12.5. The van der Waals surface area contributed by atoms with Crippen LogP contribution in [0.5, 0.6) is 0 Å². The largest absolute Gasteiger partial charge is 0.454 e. The van der Waals surface area contributed by atoms with Crippen LogP contribution in [0.3, 0.4) is 0 Å². The van der Waals surface area contributed by atoms with Gasteiger partial charge in [-0.3, -0.25) is 9.59 Å². The number of hydrogen-bond acceptors (Lipinski definition) is 4. The van der Waals surface area contributed by atoms with E-state index in [0.717, 1.165) is 5.57 Å². The molecule has 2 bridgehead atoms. The number of carbonyl (C=O) groups is 3. The first-order chi connectivity index (χ1) is 11.2. The molecule has 2 aliphatic carbocycles. The average molecular weight is 328 g/mol. The van der Waals surface area contributed by atoms with Crippen LogP contribution in [0.15, 0.2) is 35.5 Å². The highest BCUT2D eigenvalue weighted by atomic mass is 16.5. The maximum Gasteiger partial charge on any atom is 0.334 e. The van der Waals surface area contributed by atoms with E-state index in [9.17, 15) is 14.4 Å². The van der Waals surface area contributed by atoms with Crippen LogP contribution in [0, 0.1) is 17.3 Å². The molecule has 4 heteroatoms. The lowest BCUT2D eigenvalue weighted by Gasteiger charge is -2.17. The van der Waals surface area contributed by atoms with E-state index in [0.29, 0.717) is 36.8 Å². The van der Waals surface area contributed by atoms with Gasteiger partial charge in [-0.1, -0.05) is 19.1 Å². The number of carbonyl (C=O) groups excluding carboxylic acids is 3. The van der Waals surface area contributed by atoms with Crippen molar-refractivity contribution in [3.05, 3.63) is 35.5 Å². The molecule has 0 amide bonds. The Morgan fingerprint density at radius 3 is 2.71 bits per heavy atom. The average Bonchev–Trinajstić information content (AvgIpc) is 3.06. The third kappa shape index (κ3) is 2.90. The maximum atomic E-state index is 12.5. The zero-order chi connectivity index (χ0) is 17.6. The molecular formula is C20H24O4. The normalized spacial score (nSPS) is 38.6. The predicted molar refractivity (Wildman–Crippen MR) is 90.1 cm³/mol. The van der Waals surface area contributed by atoms with Crippen LogP contribution >= 0.6 is 0 Å². The van der Waals surface area contributed by atoms with Gasteiger partial charge in [0, 0.05) is 23.3 Å². The zero-order valence-corrected chi connectivity index (χ0v) is 14.6. The number of fused-ring (bicyclic) bond motifs is 3. The van der Waals surface area contributed by atoms with Crippen LogP contribution in [-0.2, 0) is 19.1 Å². The Bertz CT molecular complexity index is 696. The molecule has 1 fully saturated rings. The van der Waals surface area contributed by atoms with Crippen molar-refractivity contribution in [2.75, 3.05) is 0 Å². The molecule has 1 aliphatic heterocycles. The van der Waals surface area contributed by atoms with Crippen LogP contribution < -0.4 is 0 Å². The highest BCUT2D eigenvalue weighted by Gasteiger charge is 2.60. The summed E-state index contributed by atoms with van der Waals surface area (Å²) in [7, 11) is 0. The van der Waals surface area contributed by atoms with Gasteiger partial charge in [-0.25, -0.2) is 4.79 Å². The molecule has 4 atom stereocenters. The van der Waals surface area contributed by atoms with Gasteiger partial charge in [0.15, 0.2) is 11.6 Å². The predicted octanol–water partition coefficient (Wildman–Crippen LogP) is 3.33. The first-order valence-electron chi connectivity index (χ1n) is 8.55. The molecule has 1 unspecified atom stereocenters.